The van der Waals surface area contributed by atoms with Crippen LogP contribution in [0, 0.1) is 0 Å². The van der Waals surface area contributed by atoms with Crippen molar-refractivity contribution in [3.63, 3.8) is 0 Å². The second-order valence-electron chi connectivity index (χ2n) is 5.00. The first-order valence-corrected chi connectivity index (χ1v) is 7.06. The Balaban J connectivity index is 1.82. The van der Waals surface area contributed by atoms with Crippen LogP contribution in [0.1, 0.15) is 18.8 Å². The highest BCUT2D eigenvalue weighted by Crippen LogP contribution is 2.28. The fourth-order valence-corrected chi connectivity index (χ4v) is 2.47. The number of methoxy groups -OCH3 is 1. The Hall–Kier alpha value is -1.99. The van der Waals surface area contributed by atoms with Crippen molar-refractivity contribution in [1.82, 2.24) is 25.3 Å². The summed E-state index contributed by atoms with van der Waals surface area (Å²) in [5.41, 5.74) is 0.763. The van der Waals surface area contributed by atoms with E-state index in [2.05, 4.69) is 32.3 Å². The van der Waals surface area contributed by atoms with Crippen molar-refractivity contribution >= 4 is 0 Å². The van der Waals surface area contributed by atoms with E-state index in [9.17, 15) is 0 Å². The maximum Gasteiger partial charge on any atom is 0.261 e. The zero-order valence-electron chi connectivity index (χ0n) is 12.2. The molecule has 7 nitrogen and oxygen atoms in total. The number of hydrogen-bond acceptors (Lipinski definition) is 7. The van der Waals surface area contributed by atoms with Gasteiger partial charge in [0.1, 0.15) is 5.75 Å². The number of ether oxygens (including phenoxy) is 1. The summed E-state index contributed by atoms with van der Waals surface area (Å²) in [5, 5.41) is 7.46. The minimum atomic E-state index is 0.137. The monoisotopic (exact) mass is 289 g/mol. The van der Waals surface area contributed by atoms with Crippen molar-refractivity contribution in [2.45, 2.75) is 13.0 Å². The highest BCUT2D eigenvalue weighted by Gasteiger charge is 2.23. The van der Waals surface area contributed by atoms with Gasteiger partial charge in [-0.2, -0.15) is 4.98 Å². The third kappa shape index (κ3) is 2.88. The normalized spacial score (nSPS) is 17.6. The predicted molar refractivity (Wildman–Crippen MR) is 76.9 cm³/mol. The second kappa shape index (κ2) is 6.19. The smallest absolute Gasteiger partial charge is 0.261 e. The van der Waals surface area contributed by atoms with Crippen LogP contribution in [0.25, 0.3) is 11.5 Å². The summed E-state index contributed by atoms with van der Waals surface area (Å²) in [6.45, 7) is 6.07. The molecule has 0 aliphatic carbocycles. The van der Waals surface area contributed by atoms with Gasteiger partial charge in [0.2, 0.25) is 0 Å². The predicted octanol–water partition coefficient (Wildman–Crippen LogP) is 1.11. The molecule has 1 unspecified atom stereocenters. The molecule has 0 spiro atoms. The number of piperazine rings is 1. The first-order chi connectivity index (χ1) is 10.3. The van der Waals surface area contributed by atoms with E-state index in [0.29, 0.717) is 17.5 Å². The summed E-state index contributed by atoms with van der Waals surface area (Å²) in [6, 6.07) is 1.95. The Bertz CT molecular complexity index is 595. The van der Waals surface area contributed by atoms with Gasteiger partial charge in [0.15, 0.2) is 5.82 Å². The van der Waals surface area contributed by atoms with E-state index in [1.54, 1.807) is 19.5 Å². The third-order valence-electron chi connectivity index (χ3n) is 3.75. The maximum atomic E-state index is 5.39. The summed E-state index contributed by atoms with van der Waals surface area (Å²) < 4.78 is 10.7. The molecule has 7 heteroatoms. The standard InChI is InChI=1S/C14H19N5O2/c1-10(19-7-5-15-6-8-19)13-17-14(21-18-13)11-3-4-16-9-12(11)20-2/h3-4,9-10,15H,5-8H2,1-2H3. The molecule has 1 fully saturated rings. The van der Waals surface area contributed by atoms with Crippen LogP contribution < -0.4 is 10.1 Å². The summed E-state index contributed by atoms with van der Waals surface area (Å²) in [7, 11) is 1.60. The molecule has 1 atom stereocenters. The maximum absolute atomic E-state index is 5.39. The molecule has 0 radical (unpaired) electrons. The fraction of sp³-hybridized carbons (Fsp3) is 0.500. The minimum absolute atomic E-state index is 0.137. The van der Waals surface area contributed by atoms with Gasteiger partial charge in [-0.15, -0.1) is 0 Å². The van der Waals surface area contributed by atoms with E-state index >= 15 is 0 Å². The van der Waals surface area contributed by atoms with Crippen LogP contribution in [-0.2, 0) is 0 Å². The number of aromatic nitrogens is 3. The number of pyridine rings is 1. The van der Waals surface area contributed by atoms with E-state index < -0.39 is 0 Å². The van der Waals surface area contributed by atoms with Crippen molar-refractivity contribution in [3.05, 3.63) is 24.3 Å². The fourth-order valence-electron chi connectivity index (χ4n) is 2.47. The van der Waals surface area contributed by atoms with E-state index in [1.165, 1.54) is 0 Å². The van der Waals surface area contributed by atoms with Gasteiger partial charge in [0.05, 0.1) is 24.9 Å². The summed E-state index contributed by atoms with van der Waals surface area (Å²) in [4.78, 5) is 10.9. The molecule has 0 aromatic carbocycles. The number of nitrogens with one attached hydrogen (secondary N) is 1. The SMILES string of the molecule is COc1cnccc1-c1nc(C(C)N2CCNCC2)no1. The van der Waals surface area contributed by atoms with Gasteiger partial charge in [0.25, 0.3) is 5.89 Å². The van der Waals surface area contributed by atoms with Crippen LogP contribution in [-0.4, -0.2) is 53.3 Å². The summed E-state index contributed by atoms with van der Waals surface area (Å²) in [6.07, 6.45) is 3.32. The van der Waals surface area contributed by atoms with Gasteiger partial charge in [-0.25, -0.2) is 0 Å². The highest BCUT2D eigenvalue weighted by molar-refractivity contribution is 5.61. The molecule has 2 aromatic heterocycles. The Morgan fingerprint density at radius 3 is 2.95 bits per heavy atom. The van der Waals surface area contributed by atoms with E-state index in [1.807, 2.05) is 6.07 Å². The van der Waals surface area contributed by atoms with Crippen molar-refractivity contribution in [2.75, 3.05) is 33.3 Å². The van der Waals surface area contributed by atoms with Crippen LogP contribution in [0.3, 0.4) is 0 Å². The molecule has 112 valence electrons. The Labute approximate surface area is 123 Å². The van der Waals surface area contributed by atoms with Crippen LogP contribution >= 0.6 is 0 Å². The van der Waals surface area contributed by atoms with Gasteiger partial charge in [0, 0.05) is 32.4 Å². The number of hydrogen-bond donors (Lipinski definition) is 1. The number of rotatable bonds is 4. The average Bonchev–Trinajstić information content (AvgIpc) is 3.04. The molecule has 1 aliphatic heterocycles. The van der Waals surface area contributed by atoms with Crippen molar-refractivity contribution in [1.29, 1.82) is 0 Å². The first kappa shape index (κ1) is 14.0. The van der Waals surface area contributed by atoms with Gasteiger partial charge < -0.3 is 14.6 Å². The van der Waals surface area contributed by atoms with E-state index in [-0.39, 0.29) is 6.04 Å². The van der Waals surface area contributed by atoms with Crippen LogP contribution in [0.5, 0.6) is 5.75 Å². The molecule has 2 aromatic rings. The molecular weight excluding hydrogens is 270 g/mol. The van der Waals surface area contributed by atoms with E-state index in [4.69, 9.17) is 9.26 Å². The molecule has 21 heavy (non-hydrogen) atoms. The second-order valence-corrected chi connectivity index (χ2v) is 5.00. The molecule has 0 bridgehead atoms. The van der Waals surface area contributed by atoms with Gasteiger partial charge in [-0.05, 0) is 13.0 Å². The van der Waals surface area contributed by atoms with Crippen molar-refractivity contribution in [3.8, 4) is 17.2 Å². The summed E-state index contributed by atoms with van der Waals surface area (Å²) in [5.74, 6) is 1.79. The van der Waals surface area contributed by atoms with Crippen molar-refractivity contribution < 1.29 is 9.26 Å². The van der Waals surface area contributed by atoms with Gasteiger partial charge >= 0.3 is 0 Å². The lowest BCUT2D eigenvalue weighted by atomic mass is 10.2. The largest absolute Gasteiger partial charge is 0.494 e. The molecule has 0 amide bonds. The molecule has 1 saturated heterocycles. The lowest BCUT2D eigenvalue weighted by Gasteiger charge is -2.30. The molecule has 3 heterocycles. The Kier molecular flexibility index (Phi) is 4.12. The molecule has 1 aliphatic rings. The number of nitrogens with zero attached hydrogens (tertiary/aromatic N) is 4. The Morgan fingerprint density at radius 1 is 1.38 bits per heavy atom. The van der Waals surface area contributed by atoms with Crippen molar-refractivity contribution in [2.24, 2.45) is 0 Å². The Morgan fingerprint density at radius 2 is 2.19 bits per heavy atom. The molecule has 0 saturated carbocycles. The zero-order valence-corrected chi connectivity index (χ0v) is 12.2. The average molecular weight is 289 g/mol. The highest BCUT2D eigenvalue weighted by atomic mass is 16.5. The molecular formula is C14H19N5O2. The molecule has 1 N–H and O–H groups in total. The van der Waals surface area contributed by atoms with Crippen LogP contribution in [0.15, 0.2) is 23.0 Å². The zero-order chi connectivity index (χ0) is 14.7. The first-order valence-electron chi connectivity index (χ1n) is 7.06. The van der Waals surface area contributed by atoms with E-state index in [0.717, 1.165) is 31.7 Å². The van der Waals surface area contributed by atoms with Crippen LogP contribution in [0.4, 0.5) is 0 Å². The van der Waals surface area contributed by atoms with Gasteiger partial charge in [-0.1, -0.05) is 5.16 Å². The minimum Gasteiger partial charge on any atom is -0.494 e. The third-order valence-corrected chi connectivity index (χ3v) is 3.75. The molecule has 3 rings (SSSR count). The topological polar surface area (TPSA) is 76.3 Å². The van der Waals surface area contributed by atoms with Crippen LogP contribution in [0.2, 0.25) is 0 Å². The lowest BCUT2D eigenvalue weighted by molar-refractivity contribution is 0.176. The lowest BCUT2D eigenvalue weighted by Crippen LogP contribution is -2.44. The summed E-state index contributed by atoms with van der Waals surface area (Å²) >= 11 is 0. The quantitative estimate of drug-likeness (QED) is 0.903. The van der Waals surface area contributed by atoms with Gasteiger partial charge in [-0.3, -0.25) is 9.88 Å².